The molecule has 1 heterocycles. The summed E-state index contributed by atoms with van der Waals surface area (Å²) in [6, 6.07) is 0.384. The highest BCUT2D eigenvalue weighted by Crippen LogP contribution is 2.29. The van der Waals surface area contributed by atoms with Crippen molar-refractivity contribution in [3.05, 3.63) is 16.5 Å². The van der Waals surface area contributed by atoms with Crippen LogP contribution in [-0.4, -0.2) is 22.6 Å². The molecule has 4 heteroatoms. The van der Waals surface area contributed by atoms with Gasteiger partial charge in [0, 0.05) is 23.6 Å². The van der Waals surface area contributed by atoms with Gasteiger partial charge in [0.2, 0.25) is 0 Å². The lowest BCUT2D eigenvalue weighted by atomic mass is 9.95. The lowest BCUT2D eigenvalue weighted by Crippen LogP contribution is -2.36. The number of halogens is 1. The third-order valence-corrected chi connectivity index (χ3v) is 3.56. The summed E-state index contributed by atoms with van der Waals surface area (Å²) >= 11 is 6.33. The predicted octanol–water partition coefficient (Wildman–Crippen LogP) is 4.61. The average molecular weight is 298 g/mol. The third-order valence-electron chi connectivity index (χ3n) is 3.19. The maximum Gasteiger partial charge on any atom is 0.137 e. The molecular weight excluding hydrogens is 270 g/mol. The first kappa shape index (κ1) is 17.2. The summed E-state index contributed by atoms with van der Waals surface area (Å²) in [6.45, 7) is 18.1. The van der Waals surface area contributed by atoms with E-state index in [1.165, 1.54) is 0 Å². The first-order chi connectivity index (χ1) is 9.04. The molecule has 0 aliphatic carbocycles. The molecule has 0 bridgehead atoms. The highest BCUT2D eigenvalue weighted by Gasteiger charge is 2.24. The van der Waals surface area contributed by atoms with Crippen molar-refractivity contribution in [3.63, 3.8) is 0 Å². The number of anilines is 1. The van der Waals surface area contributed by atoms with Gasteiger partial charge in [0.25, 0.3) is 0 Å². The summed E-state index contributed by atoms with van der Waals surface area (Å²) < 4.78 is 0. The molecule has 0 saturated heterocycles. The summed E-state index contributed by atoms with van der Waals surface area (Å²) in [5, 5.41) is 0.564. The van der Waals surface area contributed by atoms with Gasteiger partial charge in [-0.2, -0.15) is 0 Å². The second kappa shape index (κ2) is 6.30. The average Bonchev–Trinajstić information content (AvgIpc) is 2.27. The maximum atomic E-state index is 6.33. The van der Waals surface area contributed by atoms with Crippen LogP contribution < -0.4 is 4.90 Å². The van der Waals surface area contributed by atoms with Crippen LogP contribution in [0.4, 0.5) is 5.82 Å². The fourth-order valence-corrected chi connectivity index (χ4v) is 2.19. The van der Waals surface area contributed by atoms with Crippen LogP contribution in [0.5, 0.6) is 0 Å². The van der Waals surface area contributed by atoms with Crippen LogP contribution in [0.15, 0.2) is 0 Å². The Balaban J connectivity index is 3.37. The zero-order valence-electron chi connectivity index (χ0n) is 14.1. The van der Waals surface area contributed by atoms with E-state index < -0.39 is 0 Å². The van der Waals surface area contributed by atoms with Crippen LogP contribution in [0, 0.1) is 12.8 Å². The van der Waals surface area contributed by atoms with Crippen molar-refractivity contribution in [2.24, 2.45) is 5.92 Å². The summed E-state index contributed by atoms with van der Waals surface area (Å²) in [7, 11) is 0. The Kier molecular flexibility index (Phi) is 5.42. The number of hydrogen-bond acceptors (Lipinski definition) is 3. The van der Waals surface area contributed by atoms with Gasteiger partial charge in [0.15, 0.2) is 0 Å². The van der Waals surface area contributed by atoms with Crippen LogP contribution in [0.3, 0.4) is 0 Å². The Labute approximate surface area is 128 Å². The molecule has 1 aromatic rings. The van der Waals surface area contributed by atoms with E-state index in [-0.39, 0.29) is 5.41 Å². The zero-order valence-corrected chi connectivity index (χ0v) is 14.8. The molecule has 114 valence electrons. The summed E-state index contributed by atoms with van der Waals surface area (Å²) in [5.74, 6) is 2.35. The van der Waals surface area contributed by atoms with E-state index >= 15 is 0 Å². The molecule has 0 saturated carbocycles. The van der Waals surface area contributed by atoms with Gasteiger partial charge in [0.05, 0.1) is 0 Å². The van der Waals surface area contributed by atoms with Gasteiger partial charge < -0.3 is 4.90 Å². The fraction of sp³-hybridized carbons (Fsp3) is 0.750. The van der Waals surface area contributed by atoms with Crippen molar-refractivity contribution in [2.75, 3.05) is 11.4 Å². The van der Waals surface area contributed by atoms with Crippen molar-refractivity contribution in [1.29, 1.82) is 0 Å². The predicted molar refractivity (Wildman–Crippen MR) is 87.8 cm³/mol. The van der Waals surface area contributed by atoms with Gasteiger partial charge in [-0.3, -0.25) is 0 Å². The normalized spacial score (nSPS) is 12.3. The molecule has 0 N–H and O–H groups in total. The molecule has 0 radical (unpaired) electrons. The Bertz CT molecular complexity index is 462. The second-order valence-corrected chi connectivity index (χ2v) is 7.53. The number of hydrogen-bond donors (Lipinski definition) is 0. The number of nitrogens with zero attached hydrogens (tertiary/aromatic N) is 3. The van der Waals surface area contributed by atoms with Crippen molar-refractivity contribution in [3.8, 4) is 0 Å². The first-order valence-electron chi connectivity index (χ1n) is 7.35. The van der Waals surface area contributed by atoms with Crippen molar-refractivity contribution < 1.29 is 0 Å². The van der Waals surface area contributed by atoms with Gasteiger partial charge in [-0.25, -0.2) is 9.97 Å². The molecule has 0 aliphatic rings. The molecule has 0 aliphatic heterocycles. The molecule has 0 amide bonds. The van der Waals surface area contributed by atoms with Crippen molar-refractivity contribution in [1.82, 2.24) is 9.97 Å². The minimum atomic E-state index is -0.105. The van der Waals surface area contributed by atoms with E-state index in [1.807, 2.05) is 6.92 Å². The van der Waals surface area contributed by atoms with Crippen molar-refractivity contribution >= 4 is 17.4 Å². The van der Waals surface area contributed by atoms with E-state index in [0.29, 0.717) is 17.1 Å². The molecule has 20 heavy (non-hydrogen) atoms. The standard InChI is InChI=1S/C16H28ClN3/c1-10(2)9-20(11(3)4)14-12(5)13(17)18-15(19-14)16(6,7)8/h10-11H,9H2,1-8H3. The fourth-order valence-electron chi connectivity index (χ4n) is 2.03. The zero-order chi connectivity index (χ0) is 15.7. The molecule has 0 aromatic carbocycles. The minimum Gasteiger partial charge on any atom is -0.354 e. The van der Waals surface area contributed by atoms with Gasteiger partial charge in [-0.15, -0.1) is 0 Å². The van der Waals surface area contributed by atoms with Crippen LogP contribution in [0.1, 0.15) is 59.9 Å². The monoisotopic (exact) mass is 297 g/mol. The van der Waals surface area contributed by atoms with Crippen LogP contribution in [0.2, 0.25) is 5.15 Å². The van der Waals surface area contributed by atoms with Gasteiger partial charge >= 0.3 is 0 Å². The van der Waals surface area contributed by atoms with E-state index in [9.17, 15) is 0 Å². The summed E-state index contributed by atoms with van der Waals surface area (Å²) in [5.41, 5.74) is 0.862. The van der Waals surface area contributed by atoms with Gasteiger partial charge in [0.1, 0.15) is 16.8 Å². The topological polar surface area (TPSA) is 29.0 Å². The number of rotatable bonds is 4. The Morgan fingerprint density at radius 3 is 2.05 bits per heavy atom. The molecular formula is C16H28ClN3. The first-order valence-corrected chi connectivity index (χ1v) is 7.73. The lowest BCUT2D eigenvalue weighted by molar-refractivity contribution is 0.531. The Morgan fingerprint density at radius 1 is 1.10 bits per heavy atom. The van der Waals surface area contributed by atoms with E-state index in [4.69, 9.17) is 16.6 Å². The third kappa shape index (κ3) is 4.08. The molecule has 0 atom stereocenters. The summed E-state index contributed by atoms with van der Waals surface area (Å²) in [4.78, 5) is 11.6. The highest BCUT2D eigenvalue weighted by atomic mass is 35.5. The second-order valence-electron chi connectivity index (χ2n) is 7.18. The van der Waals surface area contributed by atoms with E-state index in [2.05, 4.69) is 58.4 Å². The molecule has 3 nitrogen and oxygen atoms in total. The maximum absolute atomic E-state index is 6.33. The smallest absolute Gasteiger partial charge is 0.137 e. The van der Waals surface area contributed by atoms with Crippen LogP contribution in [0.25, 0.3) is 0 Å². The molecule has 1 aromatic heterocycles. The Morgan fingerprint density at radius 2 is 1.65 bits per heavy atom. The lowest BCUT2D eigenvalue weighted by Gasteiger charge is -2.32. The molecule has 1 rings (SSSR count). The van der Waals surface area contributed by atoms with Crippen LogP contribution in [-0.2, 0) is 5.41 Å². The summed E-state index contributed by atoms with van der Waals surface area (Å²) in [6.07, 6.45) is 0. The molecule has 0 fully saturated rings. The van der Waals surface area contributed by atoms with E-state index in [1.54, 1.807) is 0 Å². The van der Waals surface area contributed by atoms with Gasteiger partial charge in [-0.05, 0) is 26.7 Å². The van der Waals surface area contributed by atoms with Crippen molar-refractivity contribution in [2.45, 2.75) is 66.8 Å². The largest absolute Gasteiger partial charge is 0.354 e. The van der Waals surface area contributed by atoms with Crippen LogP contribution >= 0.6 is 11.6 Å². The SMILES string of the molecule is Cc1c(Cl)nc(C(C)(C)C)nc1N(CC(C)C)C(C)C. The minimum absolute atomic E-state index is 0.105. The molecule has 0 spiro atoms. The van der Waals surface area contributed by atoms with E-state index in [0.717, 1.165) is 23.8 Å². The number of aromatic nitrogens is 2. The Hall–Kier alpha value is -0.830. The molecule has 0 unspecified atom stereocenters. The highest BCUT2D eigenvalue weighted by molar-refractivity contribution is 6.30. The van der Waals surface area contributed by atoms with Gasteiger partial charge in [-0.1, -0.05) is 46.2 Å². The quantitative estimate of drug-likeness (QED) is 0.760.